The summed E-state index contributed by atoms with van der Waals surface area (Å²) in [6.45, 7) is -0.393. The number of hydrogen-bond acceptors (Lipinski definition) is 5. The van der Waals surface area contributed by atoms with Gasteiger partial charge >= 0.3 is 0 Å². The predicted octanol–water partition coefficient (Wildman–Crippen LogP) is 4.91. The molecule has 4 rings (SSSR count). The van der Waals surface area contributed by atoms with Gasteiger partial charge in [-0.05, 0) is 55.5 Å². The molecule has 0 aliphatic heterocycles. The van der Waals surface area contributed by atoms with E-state index in [9.17, 15) is 19.2 Å². The van der Waals surface area contributed by atoms with Crippen molar-refractivity contribution in [2.24, 2.45) is 0 Å². The van der Waals surface area contributed by atoms with E-state index in [2.05, 4.69) is 16.7 Å². The van der Waals surface area contributed by atoms with Crippen LogP contribution in [-0.2, 0) is 17.6 Å². The molecule has 0 atom stereocenters. The molecule has 32 heavy (non-hydrogen) atoms. The number of nitrogens with zero attached hydrogens (tertiary/aromatic N) is 1. The molecule has 0 bridgehead atoms. The van der Waals surface area contributed by atoms with E-state index in [4.69, 9.17) is 4.74 Å². The third-order valence-corrected chi connectivity index (χ3v) is 6.36. The predicted molar refractivity (Wildman–Crippen MR) is 121 cm³/mol. The van der Waals surface area contributed by atoms with Crippen LogP contribution in [0.25, 0.3) is 0 Å². The summed E-state index contributed by atoms with van der Waals surface area (Å²) in [6, 6.07) is 14.6. The fourth-order valence-electron chi connectivity index (χ4n) is 3.61. The topological polar surface area (TPSA) is 91.2 Å². The van der Waals surface area contributed by atoms with Gasteiger partial charge in [0.05, 0.1) is 16.8 Å². The van der Waals surface area contributed by atoms with Crippen LogP contribution in [0.1, 0.15) is 39.2 Å². The number of fused-ring (bicyclic) bond motifs is 1. The fourth-order valence-corrected chi connectivity index (χ4v) is 4.85. The van der Waals surface area contributed by atoms with Gasteiger partial charge in [-0.25, -0.2) is 4.39 Å². The average molecular weight is 450 g/mol. The number of para-hydroxylation sites is 2. The van der Waals surface area contributed by atoms with Crippen LogP contribution in [0.2, 0.25) is 0 Å². The van der Waals surface area contributed by atoms with Crippen molar-refractivity contribution in [3.05, 3.63) is 75.9 Å². The second-order valence-corrected chi connectivity index (χ2v) is 8.40. The molecule has 2 N–H and O–H groups in total. The summed E-state index contributed by atoms with van der Waals surface area (Å²) in [7, 11) is 0. The maximum absolute atomic E-state index is 13.7. The molecule has 162 valence electrons. The highest BCUT2D eigenvalue weighted by Gasteiger charge is 2.23. The lowest BCUT2D eigenvalue weighted by Crippen LogP contribution is -2.22. The van der Waals surface area contributed by atoms with E-state index in [1.807, 2.05) is 0 Å². The van der Waals surface area contributed by atoms with E-state index in [1.54, 1.807) is 30.3 Å². The van der Waals surface area contributed by atoms with Gasteiger partial charge < -0.3 is 15.4 Å². The Balaban J connectivity index is 1.46. The molecule has 8 heteroatoms. The molecule has 0 fully saturated rings. The number of nitriles is 1. The summed E-state index contributed by atoms with van der Waals surface area (Å²) in [6.07, 6.45) is 3.89. The van der Waals surface area contributed by atoms with Gasteiger partial charge in [0.2, 0.25) is 0 Å². The Bertz CT molecular complexity index is 1220. The van der Waals surface area contributed by atoms with Crippen LogP contribution in [0.4, 0.5) is 15.1 Å². The molecule has 1 aliphatic carbocycles. The number of carbonyl (C=O) groups is 2. The first-order chi connectivity index (χ1) is 15.6. The van der Waals surface area contributed by atoms with E-state index in [0.717, 1.165) is 36.1 Å². The van der Waals surface area contributed by atoms with Crippen molar-refractivity contribution >= 4 is 33.8 Å². The van der Waals surface area contributed by atoms with E-state index in [1.165, 1.54) is 29.5 Å². The monoisotopic (exact) mass is 449 g/mol. The Hall–Kier alpha value is -3.70. The van der Waals surface area contributed by atoms with Gasteiger partial charge in [0, 0.05) is 4.88 Å². The number of hydrogen-bond donors (Lipinski definition) is 2. The van der Waals surface area contributed by atoms with Gasteiger partial charge in [0.25, 0.3) is 11.8 Å². The smallest absolute Gasteiger partial charge is 0.262 e. The van der Waals surface area contributed by atoms with Crippen LogP contribution in [-0.4, -0.2) is 18.4 Å². The SMILES string of the molecule is N#Cc1c(NC(=O)c2ccccc2OCC(=O)Nc2ccccc2F)sc2c1CCCC2. The molecule has 1 aliphatic rings. The zero-order chi connectivity index (χ0) is 22.5. The second-order valence-electron chi connectivity index (χ2n) is 7.29. The summed E-state index contributed by atoms with van der Waals surface area (Å²) >= 11 is 1.44. The first kappa shape index (κ1) is 21.5. The lowest BCUT2D eigenvalue weighted by Gasteiger charge is -2.12. The van der Waals surface area contributed by atoms with Crippen molar-refractivity contribution in [2.45, 2.75) is 25.7 Å². The highest BCUT2D eigenvalue weighted by molar-refractivity contribution is 7.16. The van der Waals surface area contributed by atoms with E-state index in [-0.39, 0.29) is 17.0 Å². The van der Waals surface area contributed by atoms with Crippen LogP contribution >= 0.6 is 11.3 Å². The Morgan fingerprint density at radius 3 is 2.62 bits per heavy atom. The minimum atomic E-state index is -0.553. The molecule has 2 amide bonds. The van der Waals surface area contributed by atoms with Crippen LogP contribution in [0.5, 0.6) is 5.75 Å². The first-order valence-corrected chi connectivity index (χ1v) is 11.0. The van der Waals surface area contributed by atoms with Crippen LogP contribution < -0.4 is 15.4 Å². The zero-order valence-corrected chi connectivity index (χ0v) is 17.9. The summed E-state index contributed by atoms with van der Waals surface area (Å²) in [5.41, 5.74) is 1.85. The van der Waals surface area contributed by atoms with Crippen molar-refractivity contribution < 1.29 is 18.7 Å². The van der Waals surface area contributed by atoms with Gasteiger partial charge in [-0.3, -0.25) is 9.59 Å². The number of nitrogens with one attached hydrogen (secondary N) is 2. The van der Waals surface area contributed by atoms with Crippen molar-refractivity contribution in [2.75, 3.05) is 17.2 Å². The van der Waals surface area contributed by atoms with Gasteiger partial charge in [-0.2, -0.15) is 5.26 Å². The largest absolute Gasteiger partial charge is 0.483 e. The Morgan fingerprint density at radius 1 is 1.06 bits per heavy atom. The molecule has 0 spiro atoms. The van der Waals surface area contributed by atoms with E-state index < -0.39 is 24.2 Å². The standard InChI is InChI=1S/C24H20FN3O3S/c25-18-9-3-4-10-19(18)27-22(29)14-31-20-11-5-1-8-16(20)23(30)28-24-17(13-26)15-7-2-6-12-21(15)32-24/h1,3-5,8-11H,2,6-7,12,14H2,(H,27,29)(H,28,30). The Morgan fingerprint density at radius 2 is 1.81 bits per heavy atom. The van der Waals surface area contributed by atoms with E-state index in [0.29, 0.717) is 10.6 Å². The number of ether oxygens (including phenoxy) is 1. The van der Waals surface area contributed by atoms with Gasteiger partial charge in [0.1, 0.15) is 22.6 Å². The quantitative estimate of drug-likeness (QED) is 0.560. The van der Waals surface area contributed by atoms with Crippen LogP contribution in [0, 0.1) is 17.1 Å². The maximum Gasteiger partial charge on any atom is 0.262 e. The van der Waals surface area contributed by atoms with Crippen molar-refractivity contribution in [3.8, 4) is 11.8 Å². The van der Waals surface area contributed by atoms with Crippen molar-refractivity contribution in [1.29, 1.82) is 5.26 Å². The summed E-state index contributed by atoms with van der Waals surface area (Å²) in [4.78, 5) is 26.3. The number of anilines is 2. The molecule has 0 saturated heterocycles. The lowest BCUT2D eigenvalue weighted by molar-refractivity contribution is -0.118. The molecule has 0 radical (unpaired) electrons. The number of rotatable bonds is 6. The summed E-state index contributed by atoms with van der Waals surface area (Å²) in [5.74, 6) is -1.31. The Labute approximate surface area is 188 Å². The Kier molecular flexibility index (Phi) is 6.47. The summed E-state index contributed by atoms with van der Waals surface area (Å²) < 4.78 is 19.3. The van der Waals surface area contributed by atoms with Gasteiger partial charge in [-0.1, -0.05) is 24.3 Å². The molecule has 6 nitrogen and oxygen atoms in total. The first-order valence-electron chi connectivity index (χ1n) is 10.2. The summed E-state index contributed by atoms with van der Waals surface area (Å²) in [5, 5.41) is 15.4. The molecule has 1 aromatic heterocycles. The molecule has 3 aromatic rings. The van der Waals surface area contributed by atoms with Crippen molar-refractivity contribution in [1.82, 2.24) is 0 Å². The minimum absolute atomic E-state index is 0.0535. The third kappa shape index (κ3) is 4.63. The van der Waals surface area contributed by atoms with Gasteiger partial charge in [0.15, 0.2) is 6.61 Å². The van der Waals surface area contributed by atoms with Crippen LogP contribution in [0.3, 0.4) is 0 Å². The third-order valence-electron chi connectivity index (χ3n) is 5.15. The molecular weight excluding hydrogens is 429 g/mol. The van der Waals surface area contributed by atoms with Crippen molar-refractivity contribution in [3.63, 3.8) is 0 Å². The fraction of sp³-hybridized carbons (Fsp3) is 0.208. The molecule has 1 heterocycles. The van der Waals surface area contributed by atoms with Gasteiger partial charge in [-0.15, -0.1) is 11.3 Å². The minimum Gasteiger partial charge on any atom is -0.483 e. The number of halogens is 1. The molecular formula is C24H20FN3O3S. The number of aryl methyl sites for hydroxylation is 1. The number of carbonyl (C=O) groups excluding carboxylic acids is 2. The highest BCUT2D eigenvalue weighted by atomic mass is 32.1. The zero-order valence-electron chi connectivity index (χ0n) is 17.1. The highest BCUT2D eigenvalue weighted by Crippen LogP contribution is 2.38. The second kappa shape index (κ2) is 9.62. The molecule has 2 aromatic carbocycles. The maximum atomic E-state index is 13.7. The number of benzene rings is 2. The molecule has 0 saturated carbocycles. The lowest BCUT2D eigenvalue weighted by atomic mass is 9.96. The van der Waals surface area contributed by atoms with E-state index >= 15 is 0 Å². The average Bonchev–Trinajstić information content (AvgIpc) is 3.16. The van der Waals surface area contributed by atoms with Crippen LogP contribution in [0.15, 0.2) is 48.5 Å². The number of amides is 2. The number of thiophene rings is 1. The normalized spacial score (nSPS) is 12.4. The molecule has 0 unspecified atom stereocenters.